The lowest BCUT2D eigenvalue weighted by Gasteiger charge is -2.23. The molecule has 0 radical (unpaired) electrons. The molecule has 1 heterocycles. The number of ketones is 2. The predicted octanol–water partition coefficient (Wildman–Crippen LogP) is 4.09. The van der Waals surface area contributed by atoms with Crippen molar-refractivity contribution in [3.05, 3.63) is 46.6 Å². The number of fused-ring (bicyclic) bond motifs is 2. The van der Waals surface area contributed by atoms with Gasteiger partial charge in [-0.2, -0.15) is 0 Å². The van der Waals surface area contributed by atoms with Crippen LogP contribution in [0.3, 0.4) is 0 Å². The Morgan fingerprint density at radius 1 is 1.12 bits per heavy atom. The average molecular weight is 356 g/mol. The molecule has 2 atom stereocenters. The monoisotopic (exact) mass is 356 g/mol. The van der Waals surface area contributed by atoms with Crippen LogP contribution in [0.15, 0.2) is 35.4 Å². The molecule has 0 amide bonds. The number of epoxide rings is 1. The van der Waals surface area contributed by atoms with Crippen LogP contribution in [-0.4, -0.2) is 33.0 Å². The van der Waals surface area contributed by atoms with Crippen molar-refractivity contribution >= 4 is 11.6 Å². The minimum absolute atomic E-state index is 0.0260. The number of hydrogen-bond acceptors (Lipinski definition) is 5. The standard InChI is InChI=1S/C21H24O5/c1-12(2)6-5-7-13(3)8-9-21-18(24)15-10-14(22)11-16(23)17(15)19(25)20(21,4)26-21/h6,8,10-11,22-23H,5,7,9H2,1-4H3. The van der Waals surface area contributed by atoms with E-state index in [-0.39, 0.29) is 22.7 Å². The Morgan fingerprint density at radius 3 is 2.46 bits per heavy atom. The summed E-state index contributed by atoms with van der Waals surface area (Å²) in [4.78, 5) is 25.8. The van der Waals surface area contributed by atoms with Crippen molar-refractivity contribution in [2.45, 2.75) is 58.2 Å². The SMILES string of the molecule is CC(C)=CCCC(C)=CCC12OC1(C)C(=O)c1c(O)cc(O)cc1C2=O. The Hall–Kier alpha value is -2.40. The zero-order chi connectivity index (χ0) is 19.3. The Labute approximate surface area is 153 Å². The van der Waals surface area contributed by atoms with E-state index < -0.39 is 22.7 Å². The molecule has 2 unspecified atom stereocenters. The van der Waals surface area contributed by atoms with Gasteiger partial charge >= 0.3 is 0 Å². The number of phenolic OH excluding ortho intramolecular Hbond substituents is 2. The number of Topliss-reactive ketones (excluding diaryl/α,β-unsaturated/α-hetero) is 2. The third-order valence-corrected chi connectivity index (χ3v) is 5.31. The van der Waals surface area contributed by atoms with Crippen molar-refractivity contribution in [2.24, 2.45) is 0 Å². The van der Waals surface area contributed by atoms with Gasteiger partial charge in [-0.25, -0.2) is 0 Å². The molecular formula is C21H24O5. The highest BCUT2D eigenvalue weighted by molar-refractivity contribution is 6.26. The average Bonchev–Trinajstić information content (AvgIpc) is 3.18. The Balaban J connectivity index is 1.89. The highest BCUT2D eigenvalue weighted by atomic mass is 16.6. The molecule has 138 valence electrons. The molecule has 0 aromatic heterocycles. The first-order valence-corrected chi connectivity index (χ1v) is 8.77. The predicted molar refractivity (Wildman–Crippen MR) is 97.7 cm³/mol. The van der Waals surface area contributed by atoms with Gasteiger partial charge in [0.05, 0.1) is 5.56 Å². The van der Waals surface area contributed by atoms with Crippen LogP contribution in [0, 0.1) is 0 Å². The van der Waals surface area contributed by atoms with E-state index in [0.717, 1.165) is 24.5 Å². The van der Waals surface area contributed by atoms with Gasteiger partial charge in [-0.1, -0.05) is 23.3 Å². The zero-order valence-electron chi connectivity index (χ0n) is 15.5. The van der Waals surface area contributed by atoms with Crippen molar-refractivity contribution in [2.75, 3.05) is 0 Å². The molecule has 2 aliphatic rings. The lowest BCUT2D eigenvalue weighted by Crippen LogP contribution is -2.43. The van der Waals surface area contributed by atoms with Crippen molar-refractivity contribution in [3.8, 4) is 11.5 Å². The molecule has 0 spiro atoms. The molecule has 1 saturated heterocycles. The third-order valence-electron chi connectivity index (χ3n) is 5.31. The molecule has 2 N–H and O–H groups in total. The molecule has 1 fully saturated rings. The van der Waals surface area contributed by atoms with Gasteiger partial charge in [-0.05, 0) is 46.6 Å². The number of aromatic hydroxyl groups is 2. The summed E-state index contributed by atoms with van der Waals surface area (Å²) in [5.74, 6) is -1.43. The van der Waals surface area contributed by atoms with Crippen LogP contribution in [-0.2, 0) is 4.74 Å². The van der Waals surface area contributed by atoms with Crippen molar-refractivity contribution in [1.29, 1.82) is 0 Å². The third kappa shape index (κ3) is 2.67. The molecular weight excluding hydrogens is 332 g/mol. The number of allylic oxidation sites excluding steroid dienone is 3. The molecule has 1 aliphatic heterocycles. The number of carbonyl (C=O) groups excluding carboxylic acids is 2. The zero-order valence-corrected chi connectivity index (χ0v) is 15.5. The van der Waals surface area contributed by atoms with Gasteiger partial charge in [0, 0.05) is 18.1 Å². The minimum Gasteiger partial charge on any atom is -0.508 e. The first-order valence-electron chi connectivity index (χ1n) is 8.77. The number of rotatable bonds is 5. The van der Waals surface area contributed by atoms with E-state index in [1.807, 2.05) is 13.0 Å². The lowest BCUT2D eigenvalue weighted by atomic mass is 9.73. The van der Waals surface area contributed by atoms with Gasteiger partial charge in [-0.15, -0.1) is 0 Å². The number of phenols is 2. The van der Waals surface area contributed by atoms with Gasteiger partial charge in [-0.3, -0.25) is 9.59 Å². The molecule has 1 aliphatic carbocycles. The fourth-order valence-electron chi connectivity index (χ4n) is 3.64. The van der Waals surface area contributed by atoms with Gasteiger partial charge in [0.15, 0.2) is 17.0 Å². The van der Waals surface area contributed by atoms with Crippen LogP contribution >= 0.6 is 0 Å². The van der Waals surface area contributed by atoms with E-state index in [1.54, 1.807) is 6.92 Å². The smallest absolute Gasteiger partial charge is 0.202 e. The van der Waals surface area contributed by atoms with Crippen LogP contribution in [0.4, 0.5) is 0 Å². The van der Waals surface area contributed by atoms with E-state index in [9.17, 15) is 19.8 Å². The van der Waals surface area contributed by atoms with Crippen LogP contribution in [0.5, 0.6) is 11.5 Å². The van der Waals surface area contributed by atoms with Crippen molar-refractivity contribution < 1.29 is 24.5 Å². The van der Waals surface area contributed by atoms with E-state index in [2.05, 4.69) is 19.9 Å². The van der Waals surface area contributed by atoms with Gasteiger partial charge < -0.3 is 14.9 Å². The molecule has 0 bridgehead atoms. The van der Waals surface area contributed by atoms with Gasteiger partial charge in [0.25, 0.3) is 0 Å². The van der Waals surface area contributed by atoms with E-state index >= 15 is 0 Å². The largest absolute Gasteiger partial charge is 0.508 e. The van der Waals surface area contributed by atoms with Gasteiger partial charge in [0.1, 0.15) is 11.5 Å². The Bertz CT molecular complexity index is 859. The molecule has 5 nitrogen and oxygen atoms in total. The number of ether oxygens (including phenoxy) is 1. The first kappa shape index (κ1) is 18.4. The van der Waals surface area contributed by atoms with Crippen LogP contribution in [0.1, 0.15) is 67.7 Å². The first-order chi connectivity index (χ1) is 12.1. The summed E-state index contributed by atoms with van der Waals surface area (Å²) in [6.07, 6.45) is 6.20. The molecule has 26 heavy (non-hydrogen) atoms. The quantitative estimate of drug-likeness (QED) is 0.613. The summed E-state index contributed by atoms with van der Waals surface area (Å²) in [5, 5.41) is 19.7. The Morgan fingerprint density at radius 2 is 1.81 bits per heavy atom. The topological polar surface area (TPSA) is 87.1 Å². The summed E-state index contributed by atoms with van der Waals surface area (Å²) in [6, 6.07) is 2.29. The second-order valence-corrected chi connectivity index (χ2v) is 7.58. The summed E-state index contributed by atoms with van der Waals surface area (Å²) in [5.41, 5.74) is -0.152. The van der Waals surface area contributed by atoms with E-state index in [0.29, 0.717) is 6.42 Å². The molecule has 3 rings (SSSR count). The summed E-state index contributed by atoms with van der Waals surface area (Å²) in [6.45, 7) is 7.69. The summed E-state index contributed by atoms with van der Waals surface area (Å²) >= 11 is 0. The maximum absolute atomic E-state index is 13.0. The molecule has 5 heteroatoms. The van der Waals surface area contributed by atoms with Crippen LogP contribution in [0.25, 0.3) is 0 Å². The normalized spacial score (nSPS) is 27.0. The number of benzene rings is 1. The molecule has 0 saturated carbocycles. The van der Waals surface area contributed by atoms with Crippen LogP contribution < -0.4 is 0 Å². The van der Waals surface area contributed by atoms with Crippen molar-refractivity contribution in [3.63, 3.8) is 0 Å². The maximum Gasteiger partial charge on any atom is 0.202 e. The number of carbonyl (C=O) groups is 2. The Kier molecular flexibility index (Phi) is 4.31. The highest BCUT2D eigenvalue weighted by Gasteiger charge is 2.77. The minimum atomic E-state index is -1.26. The van der Waals surface area contributed by atoms with Gasteiger partial charge in [0.2, 0.25) is 5.78 Å². The highest BCUT2D eigenvalue weighted by Crippen LogP contribution is 2.58. The van der Waals surface area contributed by atoms with E-state index in [1.165, 1.54) is 11.6 Å². The fraction of sp³-hybridized carbons (Fsp3) is 0.429. The lowest BCUT2D eigenvalue weighted by molar-refractivity contribution is 0.0844. The summed E-state index contributed by atoms with van der Waals surface area (Å²) < 4.78 is 5.70. The summed E-state index contributed by atoms with van der Waals surface area (Å²) in [7, 11) is 0. The second kappa shape index (κ2) is 6.09. The molecule has 1 aromatic carbocycles. The molecule has 1 aromatic rings. The van der Waals surface area contributed by atoms with Crippen molar-refractivity contribution in [1.82, 2.24) is 0 Å². The van der Waals surface area contributed by atoms with E-state index in [4.69, 9.17) is 4.74 Å². The van der Waals surface area contributed by atoms with Crippen LogP contribution in [0.2, 0.25) is 0 Å². The fourth-order valence-corrected chi connectivity index (χ4v) is 3.64. The maximum atomic E-state index is 13.0. The number of hydrogen-bond donors (Lipinski definition) is 2. The second-order valence-electron chi connectivity index (χ2n) is 7.58.